The zero-order chi connectivity index (χ0) is 8.10. The number of amides is 1. The first-order valence-electron chi connectivity index (χ1n) is 3.18. The molecule has 0 radical (unpaired) electrons. The Labute approximate surface area is 69.0 Å². The lowest BCUT2D eigenvalue weighted by molar-refractivity contribution is 0.142. The maximum Gasteiger partial charge on any atom is 0.407 e. The zero-order valence-corrected chi connectivity index (χ0v) is 6.98. The molecular weight excluding hydrogens is 162 g/mol. The van der Waals surface area contributed by atoms with Gasteiger partial charge < -0.3 is 10.1 Å². The average Bonchev–Trinajstić information content (AvgIpc) is 2.52. The van der Waals surface area contributed by atoms with Gasteiger partial charge in [0.15, 0.2) is 0 Å². The number of rotatable bonds is 2. The van der Waals surface area contributed by atoms with Gasteiger partial charge in [0.2, 0.25) is 0 Å². The Hall–Kier alpha value is -1.03. The van der Waals surface area contributed by atoms with Gasteiger partial charge in [0.25, 0.3) is 0 Å². The highest BCUT2D eigenvalue weighted by atomic mass is 32.1. The molecule has 1 aromatic rings. The summed E-state index contributed by atoms with van der Waals surface area (Å²) in [5.41, 5.74) is 1.03. The lowest BCUT2D eigenvalue weighted by Gasteiger charge is -2.00. The van der Waals surface area contributed by atoms with Crippen LogP contribution in [0.5, 0.6) is 0 Å². The van der Waals surface area contributed by atoms with Crippen molar-refractivity contribution in [1.29, 1.82) is 0 Å². The number of hydrogen-bond donors (Lipinski definition) is 1. The molecule has 0 unspecified atom stereocenters. The highest BCUT2D eigenvalue weighted by molar-refractivity contribution is 7.07. The van der Waals surface area contributed by atoms with Gasteiger partial charge in [-0.25, -0.2) is 4.79 Å². The lowest BCUT2D eigenvalue weighted by Crippen LogP contribution is -2.18. The third kappa shape index (κ3) is 2.59. The number of nitrogens with one attached hydrogen (secondary N) is 1. The summed E-state index contributed by atoms with van der Waals surface area (Å²) in [7, 11) is 1.54. The molecule has 0 saturated heterocycles. The highest BCUT2D eigenvalue weighted by Crippen LogP contribution is 2.06. The van der Waals surface area contributed by atoms with Gasteiger partial charge >= 0.3 is 6.09 Å². The van der Waals surface area contributed by atoms with Crippen molar-refractivity contribution in [3.05, 3.63) is 22.4 Å². The molecule has 0 aliphatic rings. The normalized spacial score (nSPS) is 9.18. The molecule has 1 amide bonds. The molecule has 11 heavy (non-hydrogen) atoms. The second-order valence-electron chi connectivity index (χ2n) is 1.96. The number of carbonyl (C=O) groups is 1. The van der Waals surface area contributed by atoms with Crippen LogP contribution in [-0.4, -0.2) is 13.1 Å². The van der Waals surface area contributed by atoms with Crippen LogP contribution in [-0.2, 0) is 11.3 Å². The molecule has 1 N–H and O–H groups in total. The molecule has 1 heterocycles. The van der Waals surface area contributed by atoms with Gasteiger partial charge in [-0.3, -0.25) is 0 Å². The van der Waals surface area contributed by atoms with E-state index < -0.39 is 6.09 Å². The second-order valence-corrected chi connectivity index (χ2v) is 2.74. The third-order valence-corrected chi connectivity index (χ3v) is 1.89. The fourth-order valence-corrected chi connectivity index (χ4v) is 1.25. The fourth-order valence-electron chi connectivity index (χ4n) is 0.596. The molecule has 60 valence electrons. The van der Waals surface area contributed by atoms with E-state index >= 15 is 0 Å². The highest BCUT2D eigenvalue weighted by Gasteiger charge is 1.97. The number of ether oxygens (including phenoxy) is 1. The standard InChI is InChI=1S/C7H9NO2S/c1-8-7(9)10-4-6-2-3-11-5-6/h2-3,5H,4H2,1H3,(H,8,9). The predicted molar refractivity (Wildman–Crippen MR) is 43.6 cm³/mol. The van der Waals surface area contributed by atoms with Crippen LogP contribution in [0.15, 0.2) is 16.8 Å². The maximum absolute atomic E-state index is 10.6. The number of hydrogen-bond acceptors (Lipinski definition) is 3. The summed E-state index contributed by atoms with van der Waals surface area (Å²) < 4.78 is 4.79. The zero-order valence-electron chi connectivity index (χ0n) is 6.16. The molecule has 3 nitrogen and oxygen atoms in total. The van der Waals surface area contributed by atoms with Crippen molar-refractivity contribution < 1.29 is 9.53 Å². The fraction of sp³-hybridized carbons (Fsp3) is 0.286. The molecular formula is C7H9NO2S. The van der Waals surface area contributed by atoms with Gasteiger partial charge in [-0.1, -0.05) is 0 Å². The van der Waals surface area contributed by atoms with Crippen LogP contribution in [0.3, 0.4) is 0 Å². The van der Waals surface area contributed by atoms with Crippen LogP contribution in [0, 0.1) is 0 Å². The molecule has 0 bridgehead atoms. The Kier molecular flexibility index (Phi) is 2.92. The van der Waals surface area contributed by atoms with E-state index in [0.717, 1.165) is 5.56 Å². The van der Waals surface area contributed by atoms with Crippen molar-refractivity contribution in [1.82, 2.24) is 5.32 Å². The van der Waals surface area contributed by atoms with Crippen molar-refractivity contribution >= 4 is 17.4 Å². The van der Waals surface area contributed by atoms with Crippen molar-refractivity contribution in [2.75, 3.05) is 7.05 Å². The van der Waals surface area contributed by atoms with Gasteiger partial charge in [0.1, 0.15) is 6.61 Å². The van der Waals surface area contributed by atoms with E-state index in [9.17, 15) is 4.79 Å². The molecule has 1 rings (SSSR count). The monoisotopic (exact) mass is 171 g/mol. The van der Waals surface area contributed by atoms with E-state index in [1.807, 2.05) is 16.8 Å². The van der Waals surface area contributed by atoms with E-state index in [1.54, 1.807) is 11.3 Å². The SMILES string of the molecule is CNC(=O)OCc1ccsc1. The average molecular weight is 171 g/mol. The smallest absolute Gasteiger partial charge is 0.407 e. The number of carbonyl (C=O) groups excluding carboxylic acids is 1. The van der Waals surface area contributed by atoms with E-state index in [-0.39, 0.29) is 0 Å². The van der Waals surface area contributed by atoms with Gasteiger partial charge in [-0.15, -0.1) is 0 Å². The minimum atomic E-state index is -0.392. The van der Waals surface area contributed by atoms with Gasteiger partial charge in [-0.05, 0) is 16.8 Å². The minimum Gasteiger partial charge on any atom is -0.445 e. The van der Waals surface area contributed by atoms with E-state index in [0.29, 0.717) is 6.61 Å². The Bertz CT molecular complexity index is 220. The number of thiophene rings is 1. The summed E-state index contributed by atoms with van der Waals surface area (Å²) in [5.74, 6) is 0. The summed E-state index contributed by atoms with van der Waals surface area (Å²) in [6.07, 6.45) is -0.392. The molecule has 1 aromatic heterocycles. The van der Waals surface area contributed by atoms with E-state index in [4.69, 9.17) is 4.74 Å². The predicted octanol–water partition coefficient (Wildman–Crippen LogP) is 1.60. The molecule has 0 aliphatic carbocycles. The molecule has 0 fully saturated rings. The first-order chi connectivity index (χ1) is 5.33. The van der Waals surface area contributed by atoms with Crippen molar-refractivity contribution in [3.63, 3.8) is 0 Å². The van der Waals surface area contributed by atoms with Crippen LogP contribution >= 0.6 is 11.3 Å². The molecule has 0 aromatic carbocycles. The second kappa shape index (κ2) is 3.98. The first kappa shape index (κ1) is 8.07. The van der Waals surface area contributed by atoms with Gasteiger partial charge in [0, 0.05) is 12.6 Å². The number of alkyl carbamates (subject to hydrolysis) is 1. The quantitative estimate of drug-likeness (QED) is 0.734. The molecule has 0 atom stereocenters. The van der Waals surface area contributed by atoms with Crippen LogP contribution in [0.1, 0.15) is 5.56 Å². The summed E-state index contributed by atoms with van der Waals surface area (Å²) in [6.45, 7) is 0.350. The first-order valence-corrected chi connectivity index (χ1v) is 4.13. The third-order valence-electron chi connectivity index (χ3n) is 1.15. The summed E-state index contributed by atoms with van der Waals surface area (Å²) in [4.78, 5) is 10.6. The Morgan fingerprint density at radius 3 is 3.18 bits per heavy atom. The van der Waals surface area contributed by atoms with E-state index in [1.165, 1.54) is 7.05 Å². The Morgan fingerprint density at radius 1 is 1.82 bits per heavy atom. The van der Waals surface area contributed by atoms with Crippen molar-refractivity contribution in [2.45, 2.75) is 6.61 Å². The van der Waals surface area contributed by atoms with Crippen LogP contribution in [0.2, 0.25) is 0 Å². The molecule has 0 saturated carbocycles. The lowest BCUT2D eigenvalue weighted by atomic mass is 10.4. The van der Waals surface area contributed by atoms with Crippen molar-refractivity contribution in [3.8, 4) is 0 Å². The largest absolute Gasteiger partial charge is 0.445 e. The molecule has 0 spiro atoms. The van der Waals surface area contributed by atoms with Crippen LogP contribution in [0.4, 0.5) is 4.79 Å². The summed E-state index contributed by atoms with van der Waals surface area (Å²) in [5, 5.41) is 6.26. The Balaban J connectivity index is 2.29. The molecule has 0 aliphatic heterocycles. The Morgan fingerprint density at radius 2 is 2.64 bits per heavy atom. The van der Waals surface area contributed by atoms with E-state index in [2.05, 4.69) is 5.32 Å². The minimum absolute atomic E-state index is 0.350. The maximum atomic E-state index is 10.6. The van der Waals surface area contributed by atoms with Crippen LogP contribution < -0.4 is 5.32 Å². The summed E-state index contributed by atoms with van der Waals surface area (Å²) >= 11 is 1.59. The van der Waals surface area contributed by atoms with Gasteiger partial charge in [-0.2, -0.15) is 11.3 Å². The van der Waals surface area contributed by atoms with Gasteiger partial charge in [0.05, 0.1) is 0 Å². The van der Waals surface area contributed by atoms with Crippen LogP contribution in [0.25, 0.3) is 0 Å². The summed E-state index contributed by atoms with van der Waals surface area (Å²) in [6, 6.07) is 1.92. The molecule has 4 heteroatoms. The van der Waals surface area contributed by atoms with Crippen molar-refractivity contribution in [2.24, 2.45) is 0 Å². The topological polar surface area (TPSA) is 38.3 Å².